The van der Waals surface area contributed by atoms with Crippen LogP contribution < -0.4 is 11.1 Å². The lowest BCUT2D eigenvalue weighted by atomic mass is 10.0. The fraction of sp³-hybridized carbons (Fsp3) is 0.524. The van der Waals surface area contributed by atoms with E-state index in [1.165, 1.54) is 10.9 Å². The number of hydrogen-bond donors (Lipinski definition) is 3. The van der Waals surface area contributed by atoms with Crippen molar-refractivity contribution in [2.75, 3.05) is 25.9 Å². The minimum atomic E-state index is -1.85. The number of nitrogens with zero attached hydrogens (tertiary/aromatic N) is 6. The van der Waals surface area contributed by atoms with Gasteiger partial charge in [0.2, 0.25) is 0 Å². The number of nitrogens with one attached hydrogen (secondary N) is 1. The highest BCUT2D eigenvalue weighted by molar-refractivity contribution is 5.99. The maximum atomic E-state index is 15.3. The summed E-state index contributed by atoms with van der Waals surface area (Å²) in [6, 6.07) is 1.76. The van der Waals surface area contributed by atoms with Crippen molar-refractivity contribution >= 4 is 22.8 Å². The minimum absolute atomic E-state index is 0.0303. The van der Waals surface area contributed by atoms with Crippen molar-refractivity contribution in [1.29, 1.82) is 0 Å². The van der Waals surface area contributed by atoms with Gasteiger partial charge in [0.15, 0.2) is 18.5 Å². The molecule has 0 radical (unpaired) electrons. The van der Waals surface area contributed by atoms with Gasteiger partial charge in [-0.2, -0.15) is 5.10 Å². The molecular formula is C21H27FN8O3. The summed E-state index contributed by atoms with van der Waals surface area (Å²) in [4.78, 5) is 23.3. The first kappa shape index (κ1) is 21.7. The quantitative estimate of drug-likeness (QED) is 0.505. The van der Waals surface area contributed by atoms with Gasteiger partial charge in [0.1, 0.15) is 23.9 Å². The van der Waals surface area contributed by atoms with Crippen LogP contribution in [0.3, 0.4) is 0 Å². The second-order valence-corrected chi connectivity index (χ2v) is 8.75. The molecule has 0 spiro atoms. The van der Waals surface area contributed by atoms with E-state index in [2.05, 4.69) is 25.3 Å². The average molecular weight is 458 g/mol. The van der Waals surface area contributed by atoms with Crippen LogP contribution in [0, 0.1) is 0 Å². The molecule has 0 saturated carbocycles. The number of fused-ring (bicyclic) bond motifs is 1. The standard InChI is InChI=1S/C21H27FN8O3/c1-28-6-3-11(4-7-28)26-20(32)17-16(31)15(22)21(33-17)30-9-12(13-5-8-29(2)27-13)14-18(23)24-10-25-19(14)30/h5,8-11,15-17,21,31H,3-4,6-7H2,1-2H3,(H,26,32)(H2,23,24,25)/t15-,16-,17-,21+/m0/s1. The average Bonchev–Trinajstić information content (AvgIpc) is 3.47. The molecule has 12 heteroatoms. The molecule has 176 valence electrons. The number of aliphatic hydroxyl groups is 1. The van der Waals surface area contributed by atoms with E-state index in [9.17, 15) is 9.90 Å². The molecule has 2 saturated heterocycles. The maximum absolute atomic E-state index is 15.3. The summed E-state index contributed by atoms with van der Waals surface area (Å²) in [5, 5.41) is 18.3. The van der Waals surface area contributed by atoms with Gasteiger partial charge < -0.3 is 30.4 Å². The lowest BCUT2D eigenvalue weighted by molar-refractivity contribution is -0.138. The van der Waals surface area contributed by atoms with Crippen LogP contribution in [0.4, 0.5) is 10.2 Å². The van der Waals surface area contributed by atoms with Gasteiger partial charge in [0.25, 0.3) is 5.91 Å². The number of aromatic nitrogens is 5. The highest BCUT2D eigenvalue weighted by Crippen LogP contribution is 2.39. The Labute approximate surface area is 189 Å². The number of piperidine rings is 1. The van der Waals surface area contributed by atoms with Gasteiger partial charge in [-0.3, -0.25) is 9.48 Å². The number of aliphatic hydroxyl groups excluding tert-OH is 1. The second kappa shape index (κ2) is 8.36. The molecule has 11 nitrogen and oxygen atoms in total. The molecule has 33 heavy (non-hydrogen) atoms. The normalized spacial score (nSPS) is 26.8. The van der Waals surface area contributed by atoms with Crippen LogP contribution >= 0.6 is 0 Å². The topological polar surface area (TPSA) is 136 Å². The van der Waals surface area contributed by atoms with E-state index in [1.807, 2.05) is 7.05 Å². The van der Waals surface area contributed by atoms with Crippen molar-refractivity contribution in [3.05, 3.63) is 24.8 Å². The highest BCUT2D eigenvalue weighted by atomic mass is 19.1. The molecule has 3 aromatic rings. The molecule has 0 aliphatic carbocycles. The summed E-state index contributed by atoms with van der Waals surface area (Å²) in [5.41, 5.74) is 7.66. The fourth-order valence-corrected chi connectivity index (χ4v) is 4.57. The largest absolute Gasteiger partial charge is 0.387 e. The number of alkyl halides is 1. The Bertz CT molecular complexity index is 1170. The number of halogens is 1. The van der Waals surface area contributed by atoms with Crippen LogP contribution in [0.5, 0.6) is 0 Å². The Kier molecular flexibility index (Phi) is 5.51. The molecule has 5 rings (SSSR count). The van der Waals surface area contributed by atoms with E-state index in [-0.39, 0.29) is 11.9 Å². The molecular weight excluding hydrogens is 431 g/mol. The number of ether oxygens (including phenoxy) is 1. The number of carbonyl (C=O) groups is 1. The minimum Gasteiger partial charge on any atom is -0.387 e. The third kappa shape index (κ3) is 3.83. The van der Waals surface area contributed by atoms with Crippen LogP contribution in [0.25, 0.3) is 22.3 Å². The fourth-order valence-electron chi connectivity index (χ4n) is 4.57. The number of nitrogen functional groups attached to an aromatic ring is 1. The molecule has 2 fully saturated rings. The zero-order valence-electron chi connectivity index (χ0n) is 18.4. The summed E-state index contributed by atoms with van der Waals surface area (Å²) in [5.74, 6) is -0.303. The summed E-state index contributed by atoms with van der Waals surface area (Å²) >= 11 is 0. The lowest BCUT2D eigenvalue weighted by Gasteiger charge is -2.30. The van der Waals surface area contributed by atoms with Gasteiger partial charge in [-0.25, -0.2) is 14.4 Å². The first-order valence-corrected chi connectivity index (χ1v) is 10.9. The number of nitrogens with two attached hydrogens (primary N) is 1. The molecule has 0 unspecified atom stereocenters. The zero-order valence-corrected chi connectivity index (χ0v) is 18.4. The molecule has 5 heterocycles. The number of likely N-dealkylation sites (tertiary alicyclic amines) is 1. The molecule has 3 aromatic heterocycles. The van der Waals surface area contributed by atoms with E-state index >= 15 is 4.39 Å². The van der Waals surface area contributed by atoms with Gasteiger partial charge in [-0.1, -0.05) is 0 Å². The van der Waals surface area contributed by atoms with Crippen molar-refractivity contribution in [1.82, 2.24) is 34.5 Å². The number of aryl methyl sites for hydroxylation is 1. The predicted octanol–water partition coefficient (Wildman–Crippen LogP) is 0.221. The van der Waals surface area contributed by atoms with Crippen molar-refractivity contribution in [3.63, 3.8) is 0 Å². The van der Waals surface area contributed by atoms with Gasteiger partial charge in [0, 0.05) is 31.0 Å². The van der Waals surface area contributed by atoms with Crippen molar-refractivity contribution in [2.45, 2.75) is 43.5 Å². The number of rotatable bonds is 4. The van der Waals surface area contributed by atoms with E-state index < -0.39 is 30.5 Å². The predicted molar refractivity (Wildman–Crippen MR) is 118 cm³/mol. The molecule has 4 atom stereocenters. The van der Waals surface area contributed by atoms with Gasteiger partial charge in [0.05, 0.1) is 11.1 Å². The van der Waals surface area contributed by atoms with E-state index in [4.69, 9.17) is 10.5 Å². The Morgan fingerprint density at radius 2 is 2.06 bits per heavy atom. The highest BCUT2D eigenvalue weighted by Gasteiger charge is 2.49. The van der Waals surface area contributed by atoms with Crippen molar-refractivity contribution < 1.29 is 19.0 Å². The Balaban J connectivity index is 1.44. The summed E-state index contributed by atoms with van der Waals surface area (Å²) in [6.07, 6.45) is 0.201. The first-order valence-electron chi connectivity index (χ1n) is 10.9. The van der Waals surface area contributed by atoms with Crippen LogP contribution in [0.2, 0.25) is 0 Å². The molecule has 1 amide bonds. The third-order valence-corrected chi connectivity index (χ3v) is 6.42. The van der Waals surface area contributed by atoms with Crippen LogP contribution in [-0.4, -0.2) is 84.8 Å². The summed E-state index contributed by atoms with van der Waals surface area (Å²) in [7, 11) is 3.81. The summed E-state index contributed by atoms with van der Waals surface area (Å²) in [6.45, 7) is 1.72. The number of amides is 1. The summed E-state index contributed by atoms with van der Waals surface area (Å²) < 4.78 is 24.1. The van der Waals surface area contributed by atoms with E-state index in [0.29, 0.717) is 22.3 Å². The Morgan fingerprint density at radius 1 is 1.30 bits per heavy atom. The maximum Gasteiger partial charge on any atom is 0.252 e. The SMILES string of the molecule is CN1CCC(NC(=O)[C@H]2O[C@@H](n3cc(-c4ccn(C)n4)c4c(N)ncnc43)[C@@H](F)[C@@H]2O)CC1. The molecule has 2 aliphatic rings. The van der Waals surface area contributed by atoms with Gasteiger partial charge in [-0.15, -0.1) is 0 Å². The van der Waals surface area contributed by atoms with Gasteiger partial charge >= 0.3 is 0 Å². The zero-order chi connectivity index (χ0) is 23.3. The van der Waals surface area contributed by atoms with E-state index in [1.54, 1.807) is 30.2 Å². The number of anilines is 1. The van der Waals surface area contributed by atoms with Crippen LogP contribution in [-0.2, 0) is 16.6 Å². The second-order valence-electron chi connectivity index (χ2n) is 8.75. The van der Waals surface area contributed by atoms with Crippen LogP contribution in [0.15, 0.2) is 24.8 Å². The smallest absolute Gasteiger partial charge is 0.252 e. The third-order valence-electron chi connectivity index (χ3n) is 6.42. The van der Waals surface area contributed by atoms with Gasteiger partial charge in [-0.05, 0) is 39.0 Å². The first-order chi connectivity index (χ1) is 15.8. The Hall–Kier alpha value is -3.09. The van der Waals surface area contributed by atoms with Crippen molar-refractivity contribution in [3.8, 4) is 11.3 Å². The number of hydrogen-bond acceptors (Lipinski definition) is 8. The molecule has 4 N–H and O–H groups in total. The lowest BCUT2D eigenvalue weighted by Crippen LogP contribution is -2.49. The number of carbonyl (C=O) groups excluding carboxylic acids is 1. The molecule has 0 aromatic carbocycles. The van der Waals surface area contributed by atoms with Crippen LogP contribution in [0.1, 0.15) is 19.1 Å². The molecule has 0 bridgehead atoms. The monoisotopic (exact) mass is 458 g/mol. The van der Waals surface area contributed by atoms with Crippen molar-refractivity contribution in [2.24, 2.45) is 7.05 Å². The van der Waals surface area contributed by atoms with E-state index in [0.717, 1.165) is 25.9 Å². The Morgan fingerprint density at radius 3 is 2.76 bits per heavy atom. The molecule has 2 aliphatic heterocycles.